The number of hydrogen-bond acceptors (Lipinski definition) is 6. The number of hydrogen-bond donors (Lipinski definition) is 2. The van der Waals surface area contributed by atoms with Crippen LogP contribution in [0.5, 0.6) is 5.75 Å². The van der Waals surface area contributed by atoms with Crippen LogP contribution in [0.3, 0.4) is 0 Å². The second kappa shape index (κ2) is 8.70. The fourth-order valence-electron chi connectivity index (χ4n) is 2.58. The number of nitrogens with zero attached hydrogens (tertiary/aromatic N) is 2. The molecule has 0 aliphatic rings. The number of thioether (sulfide) groups is 1. The van der Waals surface area contributed by atoms with Crippen molar-refractivity contribution in [3.63, 3.8) is 0 Å². The molecule has 0 spiro atoms. The lowest BCUT2D eigenvalue weighted by atomic mass is 10.3. The summed E-state index contributed by atoms with van der Waals surface area (Å²) in [6, 6.07) is 7.16. The summed E-state index contributed by atoms with van der Waals surface area (Å²) in [5.74, 6) is 0.133. The molecule has 0 unspecified atom stereocenters. The lowest BCUT2D eigenvalue weighted by molar-refractivity contribution is -0.153. The maximum Gasteiger partial charge on any atom is 0.422 e. The van der Waals surface area contributed by atoms with Gasteiger partial charge in [0.2, 0.25) is 10.0 Å². The van der Waals surface area contributed by atoms with Crippen LogP contribution in [0.4, 0.5) is 13.2 Å². The van der Waals surface area contributed by atoms with E-state index in [1.165, 1.54) is 40.6 Å². The lowest BCUT2D eigenvalue weighted by Gasteiger charge is -2.13. The summed E-state index contributed by atoms with van der Waals surface area (Å²) < 4.78 is 65.0. The zero-order valence-corrected chi connectivity index (χ0v) is 17.0. The maximum absolute atomic E-state index is 12.9. The summed E-state index contributed by atoms with van der Waals surface area (Å²) in [5, 5.41) is 5.30. The van der Waals surface area contributed by atoms with E-state index in [1.54, 1.807) is 12.3 Å². The highest BCUT2D eigenvalue weighted by Gasteiger charge is 2.28. The first-order valence-electron chi connectivity index (χ1n) is 8.57. The Bertz CT molecular complexity index is 1190. The van der Waals surface area contributed by atoms with Crippen LogP contribution in [0, 0.1) is 0 Å². The number of rotatable bonds is 8. The summed E-state index contributed by atoms with van der Waals surface area (Å²) >= 11 is 1.17. The molecule has 2 aromatic heterocycles. The van der Waals surface area contributed by atoms with Gasteiger partial charge in [0, 0.05) is 11.9 Å². The molecule has 0 saturated carbocycles. The number of aromatic amines is 1. The third-order valence-corrected chi connectivity index (χ3v) is 5.73. The molecule has 0 aliphatic carbocycles. The first-order valence-corrected chi connectivity index (χ1v) is 11.3. The van der Waals surface area contributed by atoms with Crippen LogP contribution in [0.1, 0.15) is 6.42 Å². The minimum atomic E-state index is -4.46. The second-order valence-corrected chi connectivity index (χ2v) is 9.04. The Morgan fingerprint density at radius 1 is 1.20 bits per heavy atom. The monoisotopic (exact) mass is 462 g/mol. The fourth-order valence-corrected chi connectivity index (χ4v) is 4.26. The van der Waals surface area contributed by atoms with Crippen LogP contribution >= 0.6 is 11.8 Å². The molecule has 0 bridgehead atoms. The molecule has 13 heteroatoms. The zero-order chi connectivity index (χ0) is 21.9. The fraction of sp³-hybridized carbons (Fsp3) is 0.294. The number of aromatic nitrogens is 3. The topological polar surface area (TPSA) is 120 Å². The lowest BCUT2D eigenvalue weighted by Crippen LogP contribution is -2.22. The Morgan fingerprint density at radius 3 is 2.53 bits per heavy atom. The minimum absolute atomic E-state index is 0.000361. The molecule has 3 N–H and O–H groups in total. The van der Waals surface area contributed by atoms with Crippen molar-refractivity contribution in [1.82, 2.24) is 14.5 Å². The average molecular weight is 462 g/mol. The van der Waals surface area contributed by atoms with Gasteiger partial charge in [-0.1, -0.05) is 11.8 Å². The van der Waals surface area contributed by atoms with Crippen LogP contribution in [0.15, 0.2) is 46.5 Å². The Hall–Kier alpha value is -2.51. The third kappa shape index (κ3) is 5.77. The predicted octanol–water partition coefficient (Wildman–Crippen LogP) is 2.43. The molecular formula is C17H17F3N4O4S2. The Kier molecular flexibility index (Phi) is 6.43. The van der Waals surface area contributed by atoms with Gasteiger partial charge in [0.25, 0.3) is 5.56 Å². The Morgan fingerprint density at radius 2 is 1.90 bits per heavy atom. The molecule has 1 aromatic carbocycles. The Balaban J connectivity index is 1.89. The molecule has 0 saturated heterocycles. The van der Waals surface area contributed by atoms with E-state index in [1.807, 2.05) is 0 Å². The number of halogens is 3. The van der Waals surface area contributed by atoms with Gasteiger partial charge < -0.3 is 9.72 Å². The van der Waals surface area contributed by atoms with Gasteiger partial charge in [-0.25, -0.2) is 18.5 Å². The van der Waals surface area contributed by atoms with Crippen LogP contribution in [-0.2, 0) is 10.0 Å². The number of nitrogens with one attached hydrogen (secondary N) is 1. The van der Waals surface area contributed by atoms with Crippen molar-refractivity contribution in [2.75, 3.05) is 18.1 Å². The van der Waals surface area contributed by atoms with Crippen molar-refractivity contribution >= 4 is 32.8 Å². The molecule has 2 heterocycles. The van der Waals surface area contributed by atoms with Gasteiger partial charge in [0.1, 0.15) is 11.3 Å². The number of ether oxygens (including phenoxy) is 1. The van der Waals surface area contributed by atoms with E-state index < -0.39 is 28.4 Å². The smallest absolute Gasteiger partial charge is 0.422 e. The van der Waals surface area contributed by atoms with E-state index in [2.05, 4.69) is 14.7 Å². The summed E-state index contributed by atoms with van der Waals surface area (Å²) in [7, 11) is -3.60. The predicted molar refractivity (Wildman–Crippen MR) is 107 cm³/mol. The van der Waals surface area contributed by atoms with Gasteiger partial charge in [0.15, 0.2) is 11.8 Å². The second-order valence-electron chi connectivity index (χ2n) is 6.24. The number of H-pyrrole nitrogens is 1. The van der Waals surface area contributed by atoms with Crippen molar-refractivity contribution in [1.29, 1.82) is 0 Å². The van der Waals surface area contributed by atoms with Crippen molar-refractivity contribution in [3.05, 3.63) is 46.9 Å². The number of sulfonamides is 1. The largest absolute Gasteiger partial charge is 0.484 e. The van der Waals surface area contributed by atoms with E-state index in [0.29, 0.717) is 22.1 Å². The summed E-state index contributed by atoms with van der Waals surface area (Å²) in [5.41, 5.74) is 0.678. The van der Waals surface area contributed by atoms with E-state index in [4.69, 9.17) is 5.14 Å². The van der Waals surface area contributed by atoms with Gasteiger partial charge in [-0.15, -0.1) is 0 Å². The van der Waals surface area contributed by atoms with Gasteiger partial charge >= 0.3 is 6.18 Å². The van der Waals surface area contributed by atoms with Crippen molar-refractivity contribution < 1.29 is 26.3 Å². The van der Waals surface area contributed by atoms with E-state index >= 15 is 0 Å². The summed E-state index contributed by atoms with van der Waals surface area (Å²) in [6.45, 7) is -1.42. The molecule has 8 nitrogen and oxygen atoms in total. The molecule has 0 fully saturated rings. The molecule has 3 rings (SSSR count). The molecular weight excluding hydrogens is 445 g/mol. The molecule has 0 amide bonds. The van der Waals surface area contributed by atoms with Gasteiger partial charge in [-0.2, -0.15) is 13.2 Å². The summed E-state index contributed by atoms with van der Waals surface area (Å²) in [4.78, 5) is 20.2. The summed E-state index contributed by atoms with van der Waals surface area (Å²) in [6.07, 6.45) is -2.64. The van der Waals surface area contributed by atoms with Crippen LogP contribution in [0.2, 0.25) is 0 Å². The number of fused-ring (bicyclic) bond motifs is 1. The van der Waals surface area contributed by atoms with Gasteiger partial charge in [-0.05, 0) is 36.8 Å². The first-order chi connectivity index (χ1) is 14.0. The highest BCUT2D eigenvalue weighted by atomic mass is 32.2. The van der Waals surface area contributed by atoms with Gasteiger partial charge in [-0.3, -0.25) is 9.36 Å². The van der Waals surface area contributed by atoms with Crippen molar-refractivity contribution in [2.45, 2.75) is 17.8 Å². The molecule has 30 heavy (non-hydrogen) atoms. The minimum Gasteiger partial charge on any atom is -0.484 e. The van der Waals surface area contributed by atoms with E-state index in [9.17, 15) is 26.4 Å². The average Bonchev–Trinajstić information content (AvgIpc) is 3.12. The number of alkyl halides is 3. The van der Waals surface area contributed by atoms with E-state index in [0.717, 1.165) is 0 Å². The normalized spacial score (nSPS) is 12.4. The third-order valence-electron chi connectivity index (χ3n) is 3.85. The van der Waals surface area contributed by atoms with Crippen LogP contribution in [-0.4, -0.2) is 47.2 Å². The highest BCUT2D eigenvalue weighted by Crippen LogP contribution is 2.24. The Labute approximate surface area is 173 Å². The van der Waals surface area contributed by atoms with Crippen molar-refractivity contribution in [3.8, 4) is 11.4 Å². The number of nitrogens with two attached hydrogens (primary N) is 1. The maximum atomic E-state index is 12.9. The first kappa shape index (κ1) is 22.2. The molecule has 162 valence electrons. The number of benzene rings is 1. The SMILES string of the molecule is NS(=O)(=O)CCCSc1nc2cc[nH]c2c(=O)n1-c1ccc(OCC(F)(F)F)cc1. The quantitative estimate of drug-likeness (QED) is 0.301. The molecule has 0 radical (unpaired) electrons. The van der Waals surface area contributed by atoms with E-state index in [-0.39, 0.29) is 23.4 Å². The molecule has 3 aromatic rings. The van der Waals surface area contributed by atoms with Crippen LogP contribution < -0.4 is 15.4 Å². The standard InChI is InChI=1S/C17H17F3N4O4S2/c18-17(19,20)10-28-12-4-2-11(3-5-12)24-15(25)14-13(6-7-22-14)23-16(24)29-8-1-9-30(21,26)27/h2-7,22H,1,8-10H2,(H2,21,26,27). The van der Waals surface area contributed by atoms with Gasteiger partial charge in [0.05, 0.1) is 17.0 Å². The highest BCUT2D eigenvalue weighted by molar-refractivity contribution is 7.99. The van der Waals surface area contributed by atoms with Crippen molar-refractivity contribution in [2.24, 2.45) is 5.14 Å². The van der Waals surface area contributed by atoms with Crippen LogP contribution in [0.25, 0.3) is 16.7 Å². The zero-order valence-electron chi connectivity index (χ0n) is 15.3. The number of primary sulfonamides is 1. The molecule has 0 atom stereocenters. The molecule has 0 aliphatic heterocycles.